The van der Waals surface area contributed by atoms with Crippen LogP contribution in [0.2, 0.25) is 0 Å². The lowest BCUT2D eigenvalue weighted by Gasteiger charge is -2.26. The van der Waals surface area contributed by atoms with Crippen molar-refractivity contribution < 1.29 is 9.59 Å². The second kappa shape index (κ2) is 7.40. The molecule has 1 heterocycles. The second-order valence-electron chi connectivity index (χ2n) is 6.07. The molecule has 2 rings (SSSR count). The van der Waals surface area contributed by atoms with E-state index in [1.165, 1.54) is 6.42 Å². The van der Waals surface area contributed by atoms with Crippen molar-refractivity contribution >= 4 is 17.5 Å². The molecular weight excluding hydrogens is 278 g/mol. The normalized spacial score (nSPS) is 17.7. The zero-order valence-corrected chi connectivity index (χ0v) is 13.3. The monoisotopic (exact) mass is 303 g/mol. The van der Waals surface area contributed by atoms with Gasteiger partial charge in [-0.2, -0.15) is 0 Å². The molecule has 0 radical (unpaired) electrons. The molecule has 1 fully saturated rings. The molecule has 22 heavy (non-hydrogen) atoms. The van der Waals surface area contributed by atoms with Crippen molar-refractivity contribution in [3.63, 3.8) is 0 Å². The van der Waals surface area contributed by atoms with Crippen LogP contribution in [-0.4, -0.2) is 35.8 Å². The van der Waals surface area contributed by atoms with E-state index in [9.17, 15) is 9.59 Å². The van der Waals surface area contributed by atoms with Crippen LogP contribution in [0.15, 0.2) is 24.3 Å². The maximum atomic E-state index is 12.5. The number of nitrogens with zero attached hydrogens (tertiary/aromatic N) is 1. The Balaban J connectivity index is 2.06. The van der Waals surface area contributed by atoms with Gasteiger partial charge in [0.2, 0.25) is 5.91 Å². The highest BCUT2D eigenvalue weighted by Gasteiger charge is 2.20. The SMILES string of the molecule is CC(N)C(C)C(=O)Nc1cccc(C(=O)N2CCCCC2)c1. The first-order valence-corrected chi connectivity index (χ1v) is 7.95. The van der Waals surface area contributed by atoms with Gasteiger partial charge in [0.15, 0.2) is 0 Å². The topological polar surface area (TPSA) is 75.4 Å². The first-order valence-electron chi connectivity index (χ1n) is 7.95. The van der Waals surface area contributed by atoms with Crippen molar-refractivity contribution in [2.45, 2.75) is 39.2 Å². The van der Waals surface area contributed by atoms with Crippen LogP contribution in [0.4, 0.5) is 5.69 Å². The van der Waals surface area contributed by atoms with Gasteiger partial charge >= 0.3 is 0 Å². The lowest BCUT2D eigenvalue weighted by atomic mass is 10.0. The fourth-order valence-electron chi connectivity index (χ4n) is 2.50. The summed E-state index contributed by atoms with van der Waals surface area (Å²) in [6, 6.07) is 6.91. The Morgan fingerprint density at radius 1 is 1.18 bits per heavy atom. The van der Waals surface area contributed by atoms with Crippen LogP contribution in [0.25, 0.3) is 0 Å². The number of nitrogens with one attached hydrogen (secondary N) is 1. The molecule has 1 aliphatic rings. The smallest absolute Gasteiger partial charge is 0.253 e. The van der Waals surface area contributed by atoms with Gasteiger partial charge in [-0.1, -0.05) is 13.0 Å². The number of hydrogen-bond acceptors (Lipinski definition) is 3. The summed E-state index contributed by atoms with van der Waals surface area (Å²) in [7, 11) is 0. The predicted molar refractivity (Wildman–Crippen MR) is 87.6 cm³/mol. The molecule has 5 heteroatoms. The number of benzene rings is 1. The predicted octanol–water partition coefficient (Wildman–Crippen LogP) is 2.23. The Hall–Kier alpha value is -1.88. The fraction of sp³-hybridized carbons (Fsp3) is 0.529. The van der Waals surface area contributed by atoms with Crippen molar-refractivity contribution in [2.75, 3.05) is 18.4 Å². The van der Waals surface area contributed by atoms with Gasteiger partial charge in [0.25, 0.3) is 5.91 Å². The molecular formula is C17H25N3O2. The zero-order valence-electron chi connectivity index (χ0n) is 13.3. The largest absolute Gasteiger partial charge is 0.339 e. The molecule has 2 amide bonds. The molecule has 1 aliphatic heterocycles. The van der Waals surface area contributed by atoms with Gasteiger partial charge in [-0.25, -0.2) is 0 Å². The van der Waals surface area contributed by atoms with E-state index < -0.39 is 0 Å². The van der Waals surface area contributed by atoms with Crippen LogP contribution in [0, 0.1) is 5.92 Å². The number of nitrogens with two attached hydrogens (primary N) is 1. The maximum Gasteiger partial charge on any atom is 0.253 e. The summed E-state index contributed by atoms with van der Waals surface area (Å²) in [6.45, 7) is 5.23. The highest BCUT2D eigenvalue weighted by molar-refractivity contribution is 5.97. The van der Waals surface area contributed by atoms with Crippen molar-refractivity contribution in [2.24, 2.45) is 11.7 Å². The van der Waals surface area contributed by atoms with Gasteiger partial charge < -0.3 is 16.0 Å². The van der Waals surface area contributed by atoms with E-state index in [4.69, 9.17) is 5.73 Å². The Labute approximate surface area is 131 Å². The molecule has 1 aromatic carbocycles. The number of carbonyl (C=O) groups is 2. The maximum absolute atomic E-state index is 12.5. The van der Waals surface area contributed by atoms with Crippen molar-refractivity contribution in [1.29, 1.82) is 0 Å². The van der Waals surface area contributed by atoms with Gasteiger partial charge in [0.1, 0.15) is 0 Å². The third-order valence-electron chi connectivity index (χ3n) is 4.22. The third-order valence-corrected chi connectivity index (χ3v) is 4.22. The van der Waals surface area contributed by atoms with E-state index in [0.717, 1.165) is 25.9 Å². The van der Waals surface area contributed by atoms with E-state index in [-0.39, 0.29) is 23.8 Å². The number of hydrogen-bond donors (Lipinski definition) is 2. The third kappa shape index (κ3) is 4.07. The van der Waals surface area contributed by atoms with Crippen LogP contribution in [0.5, 0.6) is 0 Å². The molecule has 2 unspecified atom stereocenters. The Morgan fingerprint density at radius 2 is 1.86 bits per heavy atom. The van der Waals surface area contributed by atoms with Crippen LogP contribution in [-0.2, 0) is 4.79 Å². The fourth-order valence-corrected chi connectivity index (χ4v) is 2.50. The van der Waals surface area contributed by atoms with E-state index in [2.05, 4.69) is 5.32 Å². The lowest BCUT2D eigenvalue weighted by molar-refractivity contribution is -0.119. The number of amides is 2. The zero-order chi connectivity index (χ0) is 16.1. The molecule has 0 aliphatic carbocycles. The summed E-state index contributed by atoms with van der Waals surface area (Å²) < 4.78 is 0. The number of piperidine rings is 1. The standard InChI is InChI=1S/C17H25N3O2/c1-12(13(2)18)16(21)19-15-8-6-7-14(11-15)17(22)20-9-4-3-5-10-20/h6-8,11-13H,3-5,9-10,18H2,1-2H3,(H,19,21). The van der Waals surface area contributed by atoms with Crippen LogP contribution in [0.3, 0.4) is 0 Å². The summed E-state index contributed by atoms with van der Waals surface area (Å²) >= 11 is 0. The van der Waals surface area contributed by atoms with E-state index in [0.29, 0.717) is 11.3 Å². The molecule has 0 aromatic heterocycles. The molecule has 0 bridgehead atoms. The highest BCUT2D eigenvalue weighted by Crippen LogP contribution is 2.17. The second-order valence-corrected chi connectivity index (χ2v) is 6.07. The molecule has 5 nitrogen and oxygen atoms in total. The number of rotatable bonds is 4. The lowest BCUT2D eigenvalue weighted by Crippen LogP contribution is -2.36. The van der Waals surface area contributed by atoms with E-state index >= 15 is 0 Å². The van der Waals surface area contributed by atoms with E-state index in [1.54, 1.807) is 38.1 Å². The summed E-state index contributed by atoms with van der Waals surface area (Å²) in [5.41, 5.74) is 7.00. The molecule has 0 spiro atoms. The quantitative estimate of drug-likeness (QED) is 0.895. The molecule has 3 N–H and O–H groups in total. The first kappa shape index (κ1) is 16.5. The number of carbonyl (C=O) groups excluding carboxylic acids is 2. The molecule has 2 atom stereocenters. The van der Waals surface area contributed by atoms with Gasteiger partial charge in [0.05, 0.1) is 5.92 Å². The number of anilines is 1. The van der Waals surface area contributed by atoms with Crippen LogP contribution in [0.1, 0.15) is 43.5 Å². The Kier molecular flexibility index (Phi) is 5.55. The minimum absolute atomic E-state index is 0.0380. The Morgan fingerprint density at radius 3 is 2.50 bits per heavy atom. The number of likely N-dealkylation sites (tertiary alicyclic amines) is 1. The first-order chi connectivity index (χ1) is 10.5. The average molecular weight is 303 g/mol. The minimum atomic E-state index is -0.276. The van der Waals surface area contributed by atoms with Gasteiger partial charge in [-0.3, -0.25) is 9.59 Å². The molecule has 1 saturated heterocycles. The van der Waals surface area contributed by atoms with Gasteiger partial charge in [0, 0.05) is 30.4 Å². The van der Waals surface area contributed by atoms with Gasteiger partial charge in [-0.15, -0.1) is 0 Å². The van der Waals surface area contributed by atoms with Gasteiger partial charge in [-0.05, 0) is 44.4 Å². The van der Waals surface area contributed by atoms with Crippen molar-refractivity contribution in [3.05, 3.63) is 29.8 Å². The van der Waals surface area contributed by atoms with Crippen LogP contribution < -0.4 is 11.1 Å². The summed E-state index contributed by atoms with van der Waals surface area (Å²) in [5.74, 6) is -0.366. The van der Waals surface area contributed by atoms with E-state index in [1.807, 2.05) is 4.90 Å². The van der Waals surface area contributed by atoms with Crippen LogP contribution >= 0.6 is 0 Å². The summed E-state index contributed by atoms with van der Waals surface area (Å²) in [6.07, 6.45) is 3.32. The average Bonchev–Trinajstić information content (AvgIpc) is 2.54. The highest BCUT2D eigenvalue weighted by atomic mass is 16.2. The summed E-state index contributed by atoms with van der Waals surface area (Å²) in [4.78, 5) is 26.4. The van der Waals surface area contributed by atoms with Crippen molar-refractivity contribution in [3.8, 4) is 0 Å². The molecule has 120 valence electrons. The summed E-state index contributed by atoms with van der Waals surface area (Å²) in [5, 5.41) is 2.83. The minimum Gasteiger partial charge on any atom is -0.339 e. The Bertz CT molecular complexity index is 536. The molecule has 0 saturated carbocycles. The molecule has 1 aromatic rings. The van der Waals surface area contributed by atoms with Crippen molar-refractivity contribution in [1.82, 2.24) is 4.90 Å².